The molecule has 0 saturated carbocycles. The van der Waals surface area contributed by atoms with E-state index in [-0.39, 0.29) is 11.8 Å². The average molecular weight is 435 g/mol. The van der Waals surface area contributed by atoms with Crippen molar-refractivity contribution < 1.29 is 24.3 Å². The van der Waals surface area contributed by atoms with E-state index >= 15 is 0 Å². The number of carbonyl (C=O) groups is 4. The molecule has 31 heavy (non-hydrogen) atoms. The number of benzene rings is 1. The first kappa shape index (κ1) is 26.1. The Hall–Kier alpha value is -2.94. The van der Waals surface area contributed by atoms with Gasteiger partial charge in [-0.05, 0) is 30.7 Å². The summed E-state index contributed by atoms with van der Waals surface area (Å²) in [6.45, 7) is 8.32. The van der Waals surface area contributed by atoms with Crippen LogP contribution in [-0.4, -0.2) is 53.0 Å². The molecule has 0 heterocycles. The molecule has 0 saturated heterocycles. The fourth-order valence-electron chi connectivity index (χ4n) is 2.92. The molecule has 0 spiro atoms. The third-order valence-corrected chi connectivity index (χ3v) is 4.86. The fourth-order valence-corrected chi connectivity index (χ4v) is 2.92. The van der Waals surface area contributed by atoms with E-state index in [4.69, 9.17) is 5.73 Å². The SMILES string of the molecule is CC(NC(=O)C(NC(=O)C(N)Cc1ccccc1)C(C)C)C(=O)NC(C(=O)O)C(C)C. The number of amides is 3. The molecule has 0 aromatic heterocycles. The first-order valence-corrected chi connectivity index (χ1v) is 10.4. The van der Waals surface area contributed by atoms with E-state index < -0.39 is 47.9 Å². The minimum absolute atomic E-state index is 0.259. The smallest absolute Gasteiger partial charge is 0.326 e. The van der Waals surface area contributed by atoms with Gasteiger partial charge in [0.05, 0.1) is 6.04 Å². The van der Waals surface area contributed by atoms with E-state index in [2.05, 4.69) is 16.0 Å². The van der Waals surface area contributed by atoms with Crippen LogP contribution in [0.2, 0.25) is 0 Å². The highest BCUT2D eigenvalue weighted by Gasteiger charge is 2.30. The normalized spacial score (nSPS) is 15.0. The molecule has 0 fully saturated rings. The topological polar surface area (TPSA) is 151 Å². The molecule has 6 N–H and O–H groups in total. The molecule has 1 aromatic carbocycles. The second-order valence-electron chi connectivity index (χ2n) is 8.33. The monoisotopic (exact) mass is 434 g/mol. The van der Waals surface area contributed by atoms with Gasteiger partial charge in [0.25, 0.3) is 0 Å². The van der Waals surface area contributed by atoms with E-state index in [9.17, 15) is 24.3 Å². The maximum atomic E-state index is 12.7. The second kappa shape index (κ2) is 12.0. The molecule has 9 nitrogen and oxygen atoms in total. The van der Waals surface area contributed by atoms with Crippen molar-refractivity contribution in [3.05, 3.63) is 35.9 Å². The Bertz CT molecular complexity index is 766. The van der Waals surface area contributed by atoms with E-state index in [0.717, 1.165) is 5.56 Å². The number of rotatable bonds is 11. The van der Waals surface area contributed by atoms with Gasteiger partial charge in [0.15, 0.2) is 0 Å². The number of carbonyl (C=O) groups excluding carboxylic acids is 3. The van der Waals surface area contributed by atoms with Crippen molar-refractivity contribution >= 4 is 23.7 Å². The van der Waals surface area contributed by atoms with Crippen LogP contribution in [0, 0.1) is 11.8 Å². The van der Waals surface area contributed by atoms with E-state index in [1.165, 1.54) is 6.92 Å². The molecule has 0 aliphatic rings. The van der Waals surface area contributed by atoms with E-state index in [1.54, 1.807) is 27.7 Å². The number of aliphatic carboxylic acids is 1. The molecule has 0 aliphatic heterocycles. The summed E-state index contributed by atoms with van der Waals surface area (Å²) in [5.41, 5.74) is 6.90. The minimum Gasteiger partial charge on any atom is -0.480 e. The predicted molar refractivity (Wildman–Crippen MR) is 117 cm³/mol. The third-order valence-electron chi connectivity index (χ3n) is 4.86. The number of hydrogen-bond donors (Lipinski definition) is 5. The summed E-state index contributed by atoms with van der Waals surface area (Å²) >= 11 is 0. The highest BCUT2D eigenvalue weighted by molar-refractivity contribution is 5.94. The van der Waals surface area contributed by atoms with Gasteiger partial charge >= 0.3 is 5.97 Å². The Morgan fingerprint density at radius 3 is 1.81 bits per heavy atom. The van der Waals surface area contributed by atoms with Crippen LogP contribution in [0.15, 0.2) is 30.3 Å². The van der Waals surface area contributed by atoms with Crippen molar-refractivity contribution in [2.45, 2.75) is 65.2 Å². The summed E-state index contributed by atoms with van der Waals surface area (Å²) in [4.78, 5) is 48.8. The molecule has 0 radical (unpaired) electrons. The molecule has 1 rings (SSSR count). The first-order valence-electron chi connectivity index (χ1n) is 10.4. The summed E-state index contributed by atoms with van der Waals surface area (Å²) in [7, 11) is 0. The van der Waals surface area contributed by atoms with Crippen molar-refractivity contribution in [1.82, 2.24) is 16.0 Å². The van der Waals surface area contributed by atoms with Crippen LogP contribution >= 0.6 is 0 Å². The first-order chi connectivity index (χ1) is 14.4. The summed E-state index contributed by atoms with van der Waals surface area (Å²) < 4.78 is 0. The van der Waals surface area contributed by atoms with Crippen LogP contribution in [0.4, 0.5) is 0 Å². The van der Waals surface area contributed by atoms with Crippen LogP contribution < -0.4 is 21.7 Å². The number of hydrogen-bond acceptors (Lipinski definition) is 5. The van der Waals surface area contributed by atoms with Gasteiger partial charge in [-0.15, -0.1) is 0 Å². The lowest BCUT2D eigenvalue weighted by molar-refractivity contribution is -0.143. The Morgan fingerprint density at radius 2 is 1.32 bits per heavy atom. The molecule has 4 atom stereocenters. The highest BCUT2D eigenvalue weighted by atomic mass is 16.4. The summed E-state index contributed by atoms with van der Waals surface area (Å²) in [5, 5.41) is 16.8. The van der Waals surface area contributed by atoms with Crippen molar-refractivity contribution in [2.24, 2.45) is 17.6 Å². The van der Waals surface area contributed by atoms with Crippen LogP contribution in [0.25, 0.3) is 0 Å². The van der Waals surface area contributed by atoms with Gasteiger partial charge in [0.1, 0.15) is 18.1 Å². The second-order valence-corrected chi connectivity index (χ2v) is 8.33. The quantitative estimate of drug-likeness (QED) is 0.341. The van der Waals surface area contributed by atoms with Gasteiger partial charge in [0.2, 0.25) is 17.7 Å². The summed E-state index contributed by atoms with van der Waals surface area (Å²) in [5.74, 6) is -3.37. The van der Waals surface area contributed by atoms with Gasteiger partial charge in [-0.2, -0.15) is 0 Å². The number of nitrogens with two attached hydrogens (primary N) is 1. The molecular weight excluding hydrogens is 400 g/mol. The van der Waals surface area contributed by atoms with E-state index in [1.807, 2.05) is 30.3 Å². The predicted octanol–water partition coefficient (Wildman–Crippen LogP) is 0.427. The number of nitrogens with one attached hydrogen (secondary N) is 3. The van der Waals surface area contributed by atoms with Crippen LogP contribution in [0.5, 0.6) is 0 Å². The molecule has 0 aliphatic carbocycles. The summed E-state index contributed by atoms with van der Waals surface area (Å²) in [6.07, 6.45) is 0.323. The molecule has 0 bridgehead atoms. The zero-order valence-corrected chi connectivity index (χ0v) is 18.7. The van der Waals surface area contributed by atoms with Gasteiger partial charge < -0.3 is 26.8 Å². The van der Waals surface area contributed by atoms with Crippen molar-refractivity contribution in [3.63, 3.8) is 0 Å². The number of carboxylic acids is 1. The maximum Gasteiger partial charge on any atom is 0.326 e. The Labute approximate surface area is 183 Å². The molecule has 1 aromatic rings. The van der Waals surface area contributed by atoms with Gasteiger partial charge in [-0.3, -0.25) is 14.4 Å². The minimum atomic E-state index is -1.15. The lowest BCUT2D eigenvalue weighted by Crippen LogP contribution is -2.58. The number of carboxylic acid groups (broad SMARTS) is 1. The van der Waals surface area contributed by atoms with Crippen molar-refractivity contribution in [3.8, 4) is 0 Å². The third kappa shape index (κ3) is 8.37. The van der Waals surface area contributed by atoms with Crippen LogP contribution in [0.1, 0.15) is 40.2 Å². The van der Waals surface area contributed by atoms with Gasteiger partial charge in [-0.1, -0.05) is 58.0 Å². The van der Waals surface area contributed by atoms with Crippen LogP contribution in [-0.2, 0) is 25.6 Å². The van der Waals surface area contributed by atoms with Gasteiger partial charge in [-0.25, -0.2) is 4.79 Å². The molecule has 4 unspecified atom stereocenters. The van der Waals surface area contributed by atoms with Crippen molar-refractivity contribution in [2.75, 3.05) is 0 Å². The standard InChI is InChI=1S/C22H34N4O5/c1-12(2)17(25-20(28)16(23)11-15-9-7-6-8-10-15)21(29)24-14(5)19(27)26-18(13(3)4)22(30)31/h6-10,12-14,16-18H,11,23H2,1-5H3,(H,24,29)(H,25,28)(H,26,27)(H,30,31). The Balaban J connectivity index is 2.72. The summed E-state index contributed by atoms with van der Waals surface area (Å²) in [6, 6.07) is 5.52. The van der Waals surface area contributed by atoms with Crippen LogP contribution in [0.3, 0.4) is 0 Å². The molecule has 172 valence electrons. The van der Waals surface area contributed by atoms with E-state index in [0.29, 0.717) is 6.42 Å². The maximum absolute atomic E-state index is 12.7. The Kier molecular flexibility index (Phi) is 10.1. The molecular formula is C22H34N4O5. The largest absolute Gasteiger partial charge is 0.480 e. The molecule has 3 amide bonds. The van der Waals surface area contributed by atoms with Crippen molar-refractivity contribution in [1.29, 1.82) is 0 Å². The Morgan fingerprint density at radius 1 is 0.806 bits per heavy atom. The molecule has 9 heteroatoms. The lowest BCUT2D eigenvalue weighted by atomic mass is 10.0. The zero-order chi connectivity index (χ0) is 23.7. The average Bonchev–Trinajstić information content (AvgIpc) is 2.69. The van der Waals surface area contributed by atoms with Gasteiger partial charge in [0, 0.05) is 0 Å². The lowest BCUT2D eigenvalue weighted by Gasteiger charge is -2.26. The zero-order valence-electron chi connectivity index (χ0n) is 18.7. The highest BCUT2D eigenvalue weighted by Crippen LogP contribution is 2.07. The fraction of sp³-hybridized carbons (Fsp3) is 0.545.